The Balaban J connectivity index is 1.23. The summed E-state index contributed by atoms with van der Waals surface area (Å²) < 4.78 is 5.64. The molecule has 2 atom stereocenters. The molecule has 0 aromatic heterocycles. The number of likely N-dealkylation sites (N-methyl/N-ethyl adjacent to an activating group) is 1. The van der Waals surface area contributed by atoms with Crippen molar-refractivity contribution in [2.45, 2.75) is 49.6 Å². The van der Waals surface area contributed by atoms with E-state index < -0.39 is 23.5 Å². The quantitative estimate of drug-likeness (QED) is 0.701. The molecule has 172 valence electrons. The Labute approximate surface area is 192 Å². The van der Waals surface area contributed by atoms with Gasteiger partial charge in [0.1, 0.15) is 12.1 Å². The maximum absolute atomic E-state index is 13.0. The highest BCUT2D eigenvalue weighted by atomic mass is 16.5. The Morgan fingerprint density at radius 3 is 2.21 bits per heavy atom. The number of carboxylic acids is 1. The molecule has 0 spiro atoms. The van der Waals surface area contributed by atoms with Crippen molar-refractivity contribution in [3.8, 4) is 11.1 Å². The lowest BCUT2D eigenvalue weighted by molar-refractivity contribution is -0.152. The van der Waals surface area contributed by atoms with Crippen molar-refractivity contribution < 1.29 is 24.2 Å². The number of hydrogen-bond donors (Lipinski definition) is 2. The number of benzene rings is 2. The highest BCUT2D eigenvalue weighted by molar-refractivity contribution is 5.91. The summed E-state index contributed by atoms with van der Waals surface area (Å²) in [5, 5.41) is 12.4. The van der Waals surface area contributed by atoms with Gasteiger partial charge in [-0.2, -0.15) is 0 Å². The van der Waals surface area contributed by atoms with Gasteiger partial charge < -0.3 is 20.1 Å². The van der Waals surface area contributed by atoms with Crippen molar-refractivity contribution in [1.82, 2.24) is 10.2 Å². The first-order chi connectivity index (χ1) is 15.9. The molecular formula is C26H28N2O5. The van der Waals surface area contributed by atoms with E-state index in [9.17, 15) is 19.5 Å². The highest BCUT2D eigenvalue weighted by Crippen LogP contribution is 2.45. The fourth-order valence-corrected chi connectivity index (χ4v) is 5.49. The summed E-state index contributed by atoms with van der Waals surface area (Å²) in [5.74, 6) is -1.62. The Hall–Kier alpha value is -3.35. The second-order valence-electron chi connectivity index (χ2n) is 9.35. The van der Waals surface area contributed by atoms with Gasteiger partial charge >= 0.3 is 12.1 Å². The fourth-order valence-electron chi connectivity index (χ4n) is 5.49. The summed E-state index contributed by atoms with van der Waals surface area (Å²) in [4.78, 5) is 38.7. The van der Waals surface area contributed by atoms with Gasteiger partial charge in [-0.1, -0.05) is 55.0 Å². The summed E-state index contributed by atoms with van der Waals surface area (Å²) in [6.07, 6.45) is 2.52. The van der Waals surface area contributed by atoms with E-state index >= 15 is 0 Å². The molecule has 5 rings (SSSR count). The first kappa shape index (κ1) is 21.5. The average Bonchev–Trinajstić information content (AvgIpc) is 3.42. The smallest absolute Gasteiger partial charge is 0.407 e. The van der Waals surface area contributed by atoms with E-state index in [0.29, 0.717) is 25.7 Å². The number of rotatable bonds is 6. The molecule has 33 heavy (non-hydrogen) atoms. The summed E-state index contributed by atoms with van der Waals surface area (Å²) >= 11 is 0. The number of amides is 2. The van der Waals surface area contributed by atoms with Crippen LogP contribution in [0.3, 0.4) is 0 Å². The minimum absolute atomic E-state index is 0.0272. The predicted octanol–water partition coefficient (Wildman–Crippen LogP) is 3.77. The van der Waals surface area contributed by atoms with Crippen LogP contribution < -0.4 is 5.32 Å². The summed E-state index contributed by atoms with van der Waals surface area (Å²) in [6.45, 7) is 0.215. The van der Waals surface area contributed by atoms with E-state index in [1.54, 1.807) is 7.05 Å². The standard InChI is InChI=1S/C26H28N2O5/c1-28(26(13-14-26)24(30)31)23(29)20-11-6-12-22(20)27-25(32)33-15-21-18-9-4-2-7-16(18)17-8-3-5-10-19(17)21/h2-5,7-10,20-22H,6,11-15H2,1H3,(H,27,32)(H,30,31)/t20-,22+/m1/s1. The number of alkyl carbamates (subject to hydrolysis) is 1. The predicted molar refractivity (Wildman–Crippen MR) is 122 cm³/mol. The normalized spacial score (nSPS) is 22.2. The molecule has 2 fully saturated rings. The van der Waals surface area contributed by atoms with Crippen molar-refractivity contribution in [3.63, 3.8) is 0 Å². The van der Waals surface area contributed by atoms with Crippen molar-refractivity contribution in [2.75, 3.05) is 13.7 Å². The number of carbonyl (C=O) groups is 3. The molecule has 2 saturated carbocycles. The van der Waals surface area contributed by atoms with E-state index in [-0.39, 0.29) is 24.5 Å². The monoisotopic (exact) mass is 448 g/mol. The molecular weight excluding hydrogens is 420 g/mol. The third kappa shape index (κ3) is 3.65. The summed E-state index contributed by atoms with van der Waals surface area (Å²) in [5.41, 5.74) is 3.54. The second-order valence-corrected chi connectivity index (χ2v) is 9.35. The Morgan fingerprint density at radius 2 is 1.64 bits per heavy atom. The second kappa shape index (κ2) is 8.21. The fraction of sp³-hybridized carbons (Fsp3) is 0.423. The van der Waals surface area contributed by atoms with Crippen molar-refractivity contribution >= 4 is 18.0 Å². The lowest BCUT2D eigenvalue weighted by Crippen LogP contribution is -2.51. The lowest BCUT2D eigenvalue weighted by Gasteiger charge is -2.30. The van der Waals surface area contributed by atoms with Crippen LogP contribution in [-0.2, 0) is 14.3 Å². The number of nitrogens with one attached hydrogen (secondary N) is 1. The van der Waals surface area contributed by atoms with Gasteiger partial charge in [0.25, 0.3) is 0 Å². The van der Waals surface area contributed by atoms with Crippen LogP contribution in [0.5, 0.6) is 0 Å². The zero-order chi connectivity index (χ0) is 23.2. The molecule has 0 unspecified atom stereocenters. The minimum atomic E-state index is -1.08. The molecule has 0 aliphatic heterocycles. The van der Waals surface area contributed by atoms with Gasteiger partial charge in [0.2, 0.25) is 5.91 Å². The van der Waals surface area contributed by atoms with Crippen LogP contribution in [0.15, 0.2) is 48.5 Å². The molecule has 2 N–H and O–H groups in total. The van der Waals surface area contributed by atoms with E-state index in [2.05, 4.69) is 29.6 Å². The van der Waals surface area contributed by atoms with Gasteiger partial charge in [0.15, 0.2) is 0 Å². The Bertz CT molecular complexity index is 1060. The topological polar surface area (TPSA) is 95.9 Å². The van der Waals surface area contributed by atoms with Crippen LogP contribution in [0.2, 0.25) is 0 Å². The summed E-state index contributed by atoms with van der Waals surface area (Å²) in [6, 6.07) is 16.0. The van der Waals surface area contributed by atoms with E-state index in [4.69, 9.17) is 4.74 Å². The Kier molecular flexibility index (Phi) is 5.35. The van der Waals surface area contributed by atoms with Crippen LogP contribution in [-0.4, -0.2) is 53.2 Å². The third-order valence-electron chi connectivity index (χ3n) is 7.57. The maximum atomic E-state index is 13.0. The van der Waals surface area contributed by atoms with Crippen molar-refractivity contribution in [3.05, 3.63) is 59.7 Å². The molecule has 2 aromatic rings. The van der Waals surface area contributed by atoms with Crippen LogP contribution >= 0.6 is 0 Å². The number of carbonyl (C=O) groups excluding carboxylic acids is 2. The number of aliphatic carboxylic acids is 1. The van der Waals surface area contributed by atoms with Crippen LogP contribution in [0, 0.1) is 5.92 Å². The van der Waals surface area contributed by atoms with Gasteiger partial charge in [0.05, 0.1) is 5.92 Å². The zero-order valence-electron chi connectivity index (χ0n) is 18.6. The van der Waals surface area contributed by atoms with E-state index in [1.165, 1.54) is 16.0 Å². The largest absolute Gasteiger partial charge is 0.479 e. The van der Waals surface area contributed by atoms with Crippen molar-refractivity contribution in [2.24, 2.45) is 5.92 Å². The van der Waals surface area contributed by atoms with Crippen LogP contribution in [0.25, 0.3) is 11.1 Å². The molecule has 0 radical (unpaired) electrons. The molecule has 7 heteroatoms. The number of ether oxygens (including phenoxy) is 1. The highest BCUT2D eigenvalue weighted by Gasteiger charge is 2.57. The lowest BCUT2D eigenvalue weighted by atomic mass is 9.98. The SMILES string of the molecule is CN(C(=O)[C@@H]1CCC[C@@H]1NC(=O)OCC1c2ccccc2-c2ccccc21)C1(C(=O)O)CC1. The maximum Gasteiger partial charge on any atom is 0.407 e. The minimum Gasteiger partial charge on any atom is -0.479 e. The summed E-state index contributed by atoms with van der Waals surface area (Å²) in [7, 11) is 1.56. The van der Waals surface area contributed by atoms with Gasteiger partial charge in [-0.3, -0.25) is 4.79 Å². The molecule has 2 aromatic carbocycles. The average molecular weight is 449 g/mol. The molecule has 7 nitrogen and oxygen atoms in total. The van der Waals surface area contributed by atoms with Crippen LogP contribution in [0.4, 0.5) is 4.79 Å². The van der Waals surface area contributed by atoms with Gasteiger partial charge in [-0.15, -0.1) is 0 Å². The van der Waals surface area contributed by atoms with Crippen LogP contribution in [0.1, 0.15) is 49.1 Å². The first-order valence-electron chi connectivity index (χ1n) is 11.5. The molecule has 0 saturated heterocycles. The van der Waals surface area contributed by atoms with E-state index in [0.717, 1.165) is 17.5 Å². The van der Waals surface area contributed by atoms with Crippen molar-refractivity contribution in [1.29, 1.82) is 0 Å². The molecule has 2 amide bonds. The molecule has 3 aliphatic rings. The zero-order valence-corrected chi connectivity index (χ0v) is 18.6. The number of nitrogens with zero attached hydrogens (tertiary/aromatic N) is 1. The molecule has 0 bridgehead atoms. The number of hydrogen-bond acceptors (Lipinski definition) is 4. The van der Waals surface area contributed by atoms with Gasteiger partial charge in [-0.05, 0) is 47.9 Å². The third-order valence-corrected chi connectivity index (χ3v) is 7.57. The molecule has 0 heterocycles. The number of carboxylic acid groups (broad SMARTS) is 1. The van der Waals surface area contributed by atoms with Gasteiger partial charge in [0, 0.05) is 19.0 Å². The van der Waals surface area contributed by atoms with E-state index in [1.807, 2.05) is 24.3 Å². The first-order valence-corrected chi connectivity index (χ1v) is 11.5. The Morgan fingerprint density at radius 1 is 1.03 bits per heavy atom. The van der Waals surface area contributed by atoms with Gasteiger partial charge in [-0.25, -0.2) is 9.59 Å². The number of fused-ring (bicyclic) bond motifs is 3. The molecule has 3 aliphatic carbocycles.